The van der Waals surface area contributed by atoms with Crippen molar-refractivity contribution in [2.24, 2.45) is 0 Å². The van der Waals surface area contributed by atoms with E-state index in [4.69, 9.17) is 5.11 Å². The van der Waals surface area contributed by atoms with Crippen molar-refractivity contribution >= 4 is 5.97 Å². The molecule has 0 atom stereocenters. The first-order valence-electron chi connectivity index (χ1n) is 8.44. The molecule has 0 saturated heterocycles. The Morgan fingerprint density at radius 1 is 1.29 bits per heavy atom. The van der Waals surface area contributed by atoms with Crippen molar-refractivity contribution in [1.29, 1.82) is 0 Å². The highest BCUT2D eigenvalue weighted by Crippen LogP contribution is 2.10. The second-order valence-electron chi connectivity index (χ2n) is 5.93. The first-order valence-corrected chi connectivity index (χ1v) is 8.44. The smallest absolute Gasteiger partial charge is 0.335 e. The summed E-state index contributed by atoms with van der Waals surface area (Å²) >= 11 is 0. The van der Waals surface area contributed by atoms with Gasteiger partial charge < -0.3 is 10.4 Å². The molecule has 0 amide bonds. The molecule has 5 heteroatoms. The van der Waals surface area contributed by atoms with E-state index in [2.05, 4.69) is 28.3 Å². The number of rotatable bonds is 9. The van der Waals surface area contributed by atoms with E-state index in [-0.39, 0.29) is 5.56 Å². The fourth-order valence-corrected chi connectivity index (χ4v) is 2.67. The summed E-state index contributed by atoms with van der Waals surface area (Å²) in [6.45, 7) is 5.34. The summed E-state index contributed by atoms with van der Waals surface area (Å²) in [4.78, 5) is 20.0. The fraction of sp³-hybridized carbons (Fsp3) is 0.421. The fourth-order valence-electron chi connectivity index (χ4n) is 2.67. The highest BCUT2D eigenvalue weighted by atomic mass is 16.4. The predicted octanol–water partition coefficient (Wildman–Crippen LogP) is 3.16. The van der Waals surface area contributed by atoms with Gasteiger partial charge in [0.1, 0.15) is 0 Å². The average Bonchev–Trinajstić information content (AvgIpc) is 2.57. The minimum Gasteiger partial charge on any atom is -0.478 e. The van der Waals surface area contributed by atoms with Gasteiger partial charge in [0.15, 0.2) is 0 Å². The minimum atomic E-state index is -0.921. The second-order valence-corrected chi connectivity index (χ2v) is 5.93. The van der Waals surface area contributed by atoms with Crippen LogP contribution in [0.1, 0.15) is 52.8 Å². The molecule has 0 aliphatic heterocycles. The van der Waals surface area contributed by atoms with Crippen LogP contribution >= 0.6 is 0 Å². The van der Waals surface area contributed by atoms with Crippen LogP contribution in [0, 0.1) is 6.92 Å². The largest absolute Gasteiger partial charge is 0.478 e. The van der Waals surface area contributed by atoms with Crippen molar-refractivity contribution < 1.29 is 9.90 Å². The van der Waals surface area contributed by atoms with Crippen molar-refractivity contribution in [3.8, 4) is 0 Å². The zero-order valence-electron chi connectivity index (χ0n) is 14.4. The van der Waals surface area contributed by atoms with Gasteiger partial charge in [0.25, 0.3) is 0 Å². The monoisotopic (exact) mass is 327 g/mol. The van der Waals surface area contributed by atoms with Crippen LogP contribution in [0.3, 0.4) is 0 Å². The molecule has 0 unspecified atom stereocenters. The Labute approximate surface area is 143 Å². The summed E-state index contributed by atoms with van der Waals surface area (Å²) in [7, 11) is 0. The maximum Gasteiger partial charge on any atom is 0.335 e. The van der Waals surface area contributed by atoms with Gasteiger partial charge in [-0.05, 0) is 43.5 Å². The van der Waals surface area contributed by atoms with E-state index in [9.17, 15) is 4.79 Å². The molecule has 0 aliphatic carbocycles. The summed E-state index contributed by atoms with van der Waals surface area (Å²) in [5.41, 5.74) is 4.22. The molecule has 0 radical (unpaired) electrons. The minimum absolute atomic E-state index is 0.283. The van der Waals surface area contributed by atoms with Gasteiger partial charge in [-0.15, -0.1) is 0 Å². The maximum atomic E-state index is 11.1. The molecule has 24 heavy (non-hydrogen) atoms. The number of nitrogens with one attached hydrogen (secondary N) is 1. The van der Waals surface area contributed by atoms with Gasteiger partial charge in [0.2, 0.25) is 0 Å². The number of nitrogens with zero attached hydrogens (tertiary/aromatic N) is 2. The summed E-state index contributed by atoms with van der Waals surface area (Å²) in [5, 5.41) is 12.4. The van der Waals surface area contributed by atoms with Crippen molar-refractivity contribution in [2.75, 3.05) is 6.54 Å². The van der Waals surface area contributed by atoms with Gasteiger partial charge in [-0.2, -0.15) is 0 Å². The standard InChI is InChI=1S/C19H25N3O2/c1-3-4-6-15-7-5-9-21-18(15)8-10-20-13-17-12-16(19(23)24)11-14(2)22-17/h5,7,9,11-12,20H,3-4,6,8,10,13H2,1-2H3,(H,23,24). The highest BCUT2D eigenvalue weighted by molar-refractivity contribution is 5.87. The number of aryl methyl sites for hydroxylation is 2. The normalized spacial score (nSPS) is 10.8. The van der Waals surface area contributed by atoms with Gasteiger partial charge in [0.05, 0.1) is 11.3 Å². The molecule has 5 nitrogen and oxygen atoms in total. The van der Waals surface area contributed by atoms with E-state index >= 15 is 0 Å². The molecule has 2 N–H and O–H groups in total. The molecule has 2 heterocycles. The van der Waals surface area contributed by atoms with E-state index in [1.54, 1.807) is 12.1 Å². The van der Waals surface area contributed by atoms with Gasteiger partial charge in [-0.3, -0.25) is 9.97 Å². The lowest BCUT2D eigenvalue weighted by Gasteiger charge is -2.09. The molecule has 2 aromatic heterocycles. The summed E-state index contributed by atoms with van der Waals surface area (Å²) in [5.74, 6) is -0.921. The summed E-state index contributed by atoms with van der Waals surface area (Å²) in [6.07, 6.45) is 6.12. The van der Waals surface area contributed by atoms with Crippen LogP contribution in [0.25, 0.3) is 0 Å². The Bertz CT molecular complexity index is 686. The summed E-state index contributed by atoms with van der Waals surface area (Å²) < 4.78 is 0. The Kier molecular flexibility index (Phi) is 6.88. The predicted molar refractivity (Wildman–Crippen MR) is 94.2 cm³/mol. The van der Waals surface area contributed by atoms with Crippen molar-refractivity contribution in [2.45, 2.75) is 46.1 Å². The molecular formula is C19H25N3O2. The SMILES string of the molecule is CCCCc1cccnc1CCNCc1cc(C(=O)O)cc(C)n1. The third kappa shape index (κ3) is 5.42. The third-order valence-electron chi connectivity index (χ3n) is 3.88. The number of aromatic carboxylic acids is 1. The van der Waals surface area contributed by atoms with Gasteiger partial charge in [-0.25, -0.2) is 4.79 Å². The van der Waals surface area contributed by atoms with Crippen LogP contribution < -0.4 is 5.32 Å². The van der Waals surface area contributed by atoms with Crippen LogP contribution in [0.4, 0.5) is 0 Å². The van der Waals surface area contributed by atoms with Gasteiger partial charge in [-0.1, -0.05) is 19.4 Å². The maximum absolute atomic E-state index is 11.1. The van der Waals surface area contributed by atoms with Crippen LogP contribution in [-0.4, -0.2) is 27.6 Å². The number of carboxylic acid groups (broad SMARTS) is 1. The van der Waals surface area contributed by atoms with E-state index < -0.39 is 5.97 Å². The first-order chi connectivity index (χ1) is 11.6. The topological polar surface area (TPSA) is 75.1 Å². The number of unbranched alkanes of at least 4 members (excludes halogenated alkanes) is 1. The molecule has 0 aromatic carbocycles. The number of carbonyl (C=O) groups is 1. The molecule has 0 aliphatic rings. The molecule has 0 saturated carbocycles. The molecule has 2 rings (SSSR count). The lowest BCUT2D eigenvalue weighted by Crippen LogP contribution is -2.19. The molecule has 0 spiro atoms. The molecule has 0 fully saturated rings. The Morgan fingerprint density at radius 3 is 2.88 bits per heavy atom. The Balaban J connectivity index is 1.88. The number of hydrogen-bond donors (Lipinski definition) is 2. The number of carboxylic acids is 1. The Hall–Kier alpha value is -2.27. The number of aromatic nitrogens is 2. The average molecular weight is 327 g/mol. The lowest BCUT2D eigenvalue weighted by molar-refractivity contribution is 0.0696. The van der Waals surface area contributed by atoms with Crippen molar-refractivity contribution in [3.63, 3.8) is 0 Å². The van der Waals surface area contributed by atoms with Crippen LogP contribution in [0.5, 0.6) is 0 Å². The highest BCUT2D eigenvalue weighted by Gasteiger charge is 2.07. The quantitative estimate of drug-likeness (QED) is 0.692. The van der Waals surface area contributed by atoms with E-state index in [1.807, 2.05) is 19.2 Å². The van der Waals surface area contributed by atoms with E-state index in [1.165, 1.54) is 18.4 Å². The zero-order valence-corrected chi connectivity index (χ0v) is 14.4. The van der Waals surface area contributed by atoms with Crippen LogP contribution in [0.15, 0.2) is 30.5 Å². The number of hydrogen-bond acceptors (Lipinski definition) is 4. The second kappa shape index (κ2) is 9.13. The van der Waals surface area contributed by atoms with Gasteiger partial charge >= 0.3 is 5.97 Å². The van der Waals surface area contributed by atoms with Crippen LogP contribution in [0.2, 0.25) is 0 Å². The summed E-state index contributed by atoms with van der Waals surface area (Å²) in [6, 6.07) is 7.35. The molecule has 128 valence electrons. The van der Waals surface area contributed by atoms with E-state index in [0.717, 1.165) is 36.5 Å². The zero-order chi connectivity index (χ0) is 17.4. The molecular weight excluding hydrogens is 302 g/mol. The van der Waals surface area contributed by atoms with Crippen molar-refractivity contribution in [1.82, 2.24) is 15.3 Å². The van der Waals surface area contributed by atoms with Crippen molar-refractivity contribution in [3.05, 3.63) is 58.7 Å². The number of pyridine rings is 2. The Morgan fingerprint density at radius 2 is 2.12 bits per heavy atom. The van der Waals surface area contributed by atoms with Gasteiger partial charge in [0, 0.05) is 37.1 Å². The molecule has 0 bridgehead atoms. The third-order valence-corrected chi connectivity index (χ3v) is 3.88. The van der Waals surface area contributed by atoms with Crippen LogP contribution in [-0.2, 0) is 19.4 Å². The van der Waals surface area contributed by atoms with E-state index in [0.29, 0.717) is 6.54 Å². The lowest BCUT2D eigenvalue weighted by atomic mass is 10.1. The molecule has 2 aromatic rings. The first kappa shape index (κ1) is 18.1.